The number of aliphatic hydroxyl groups is 1. The van der Waals surface area contributed by atoms with Gasteiger partial charge in [-0.15, -0.1) is 0 Å². The zero-order valence-corrected chi connectivity index (χ0v) is 18.2. The lowest BCUT2D eigenvalue weighted by Gasteiger charge is -2.31. The molecule has 1 aliphatic heterocycles. The monoisotopic (exact) mass is 400 g/mol. The molecule has 0 aliphatic carbocycles. The molecule has 166 valence electrons. The van der Waals surface area contributed by atoms with Gasteiger partial charge in [0, 0.05) is 13.0 Å². The van der Waals surface area contributed by atoms with Crippen molar-refractivity contribution < 1.29 is 24.5 Å². The molecule has 1 unspecified atom stereocenters. The van der Waals surface area contributed by atoms with Gasteiger partial charge in [-0.05, 0) is 32.1 Å². The maximum absolute atomic E-state index is 11.6. The van der Waals surface area contributed by atoms with Crippen molar-refractivity contribution in [2.75, 3.05) is 6.61 Å². The summed E-state index contributed by atoms with van der Waals surface area (Å²) in [6, 6.07) is 0. The van der Waals surface area contributed by atoms with Crippen LogP contribution in [0.5, 0.6) is 0 Å². The molecule has 0 amide bonds. The normalized spacial score (nSPS) is 20.6. The van der Waals surface area contributed by atoms with E-state index in [2.05, 4.69) is 6.92 Å². The van der Waals surface area contributed by atoms with Crippen molar-refractivity contribution in [3.63, 3.8) is 0 Å². The molecule has 1 saturated heterocycles. The smallest absolute Gasteiger partial charge is 0.309 e. The highest BCUT2D eigenvalue weighted by molar-refractivity contribution is 5.70. The first-order valence-corrected chi connectivity index (χ1v) is 11.8. The van der Waals surface area contributed by atoms with Crippen molar-refractivity contribution in [1.29, 1.82) is 0 Å². The average Bonchev–Trinajstić information content (AvgIpc) is 2.67. The van der Waals surface area contributed by atoms with Crippen molar-refractivity contribution in [2.45, 2.75) is 129 Å². The molecule has 0 saturated carbocycles. The maximum Gasteiger partial charge on any atom is 0.309 e. The molecule has 1 fully saturated rings. The fourth-order valence-electron chi connectivity index (χ4n) is 4.00. The number of carboxylic acids is 1. The molecule has 0 aromatic heterocycles. The fourth-order valence-corrected chi connectivity index (χ4v) is 4.00. The van der Waals surface area contributed by atoms with E-state index in [1.165, 1.54) is 44.9 Å². The van der Waals surface area contributed by atoms with Crippen LogP contribution in [-0.4, -0.2) is 41.3 Å². The second-order valence-corrected chi connectivity index (χ2v) is 8.33. The van der Waals surface area contributed by atoms with Crippen molar-refractivity contribution >= 4 is 5.97 Å². The number of hydrogen-bond acceptors (Lipinski definition) is 4. The third kappa shape index (κ3) is 11.4. The van der Waals surface area contributed by atoms with Gasteiger partial charge in [0.15, 0.2) is 6.29 Å². The third-order valence-corrected chi connectivity index (χ3v) is 5.82. The second kappa shape index (κ2) is 16.2. The van der Waals surface area contributed by atoms with Gasteiger partial charge in [0.25, 0.3) is 0 Å². The molecular formula is C23H44O5. The first kappa shape index (κ1) is 25.4. The Morgan fingerprint density at radius 2 is 1.68 bits per heavy atom. The Labute approximate surface area is 172 Å². The Kier molecular flexibility index (Phi) is 14.7. The summed E-state index contributed by atoms with van der Waals surface area (Å²) in [6.45, 7) is 4.77. The first-order chi connectivity index (χ1) is 13.6. The maximum atomic E-state index is 11.6. The van der Waals surface area contributed by atoms with Crippen LogP contribution >= 0.6 is 0 Å². The Morgan fingerprint density at radius 3 is 2.21 bits per heavy atom. The van der Waals surface area contributed by atoms with Gasteiger partial charge in [-0.25, -0.2) is 0 Å². The number of aliphatic hydroxyl groups excluding tert-OH is 1. The zero-order chi connectivity index (χ0) is 20.6. The van der Waals surface area contributed by atoms with Crippen molar-refractivity contribution in [1.82, 2.24) is 0 Å². The van der Waals surface area contributed by atoms with E-state index in [0.717, 1.165) is 38.5 Å². The first-order valence-electron chi connectivity index (χ1n) is 11.8. The number of ether oxygens (including phenoxy) is 2. The van der Waals surface area contributed by atoms with Crippen LogP contribution in [-0.2, 0) is 14.3 Å². The molecule has 1 aliphatic rings. The summed E-state index contributed by atoms with van der Waals surface area (Å²) in [5, 5.41) is 20.0. The number of carbonyl (C=O) groups is 1. The van der Waals surface area contributed by atoms with Crippen LogP contribution < -0.4 is 0 Å². The van der Waals surface area contributed by atoms with Crippen LogP contribution in [0.4, 0.5) is 0 Å². The Balaban J connectivity index is 2.29. The quantitative estimate of drug-likeness (QED) is 0.307. The molecule has 0 bridgehead atoms. The SMILES string of the molecule is CCCCCCCCCCC[C@@H](O)C[C@H](OC1CCCCO1)[C@H](CC)C(=O)O. The minimum absolute atomic E-state index is 0.327. The number of carboxylic acid groups (broad SMARTS) is 1. The van der Waals surface area contributed by atoms with Gasteiger partial charge in [-0.3, -0.25) is 4.79 Å². The molecule has 5 nitrogen and oxygen atoms in total. The fraction of sp³-hybridized carbons (Fsp3) is 0.957. The number of unbranched alkanes of at least 4 members (excludes halogenated alkanes) is 8. The van der Waals surface area contributed by atoms with Crippen molar-refractivity contribution in [2.24, 2.45) is 5.92 Å². The summed E-state index contributed by atoms with van der Waals surface area (Å²) in [5.41, 5.74) is 0. The molecule has 0 aromatic rings. The van der Waals surface area contributed by atoms with E-state index in [0.29, 0.717) is 19.4 Å². The largest absolute Gasteiger partial charge is 0.481 e. The number of rotatable bonds is 17. The van der Waals surface area contributed by atoms with E-state index < -0.39 is 24.1 Å². The third-order valence-electron chi connectivity index (χ3n) is 5.82. The van der Waals surface area contributed by atoms with E-state index >= 15 is 0 Å². The van der Waals surface area contributed by atoms with Gasteiger partial charge in [0.05, 0.1) is 18.1 Å². The predicted molar refractivity (Wildman–Crippen MR) is 112 cm³/mol. The standard InChI is InChI=1S/C23H44O5/c1-3-5-6-7-8-9-10-11-12-15-19(24)18-21(20(4-2)23(25)26)28-22-16-13-14-17-27-22/h19-22,24H,3-18H2,1-2H3,(H,25,26)/t19-,20+,21+,22?/m1/s1. The van der Waals surface area contributed by atoms with Gasteiger partial charge in [0.2, 0.25) is 0 Å². The molecule has 1 heterocycles. The Bertz CT molecular complexity index is 381. The highest BCUT2D eigenvalue weighted by Gasteiger charge is 2.32. The lowest BCUT2D eigenvalue weighted by atomic mass is 9.93. The number of hydrogen-bond donors (Lipinski definition) is 2. The summed E-state index contributed by atoms with van der Waals surface area (Å²) >= 11 is 0. The summed E-state index contributed by atoms with van der Waals surface area (Å²) in [6.07, 6.45) is 14.4. The van der Waals surface area contributed by atoms with E-state index in [-0.39, 0.29) is 6.29 Å². The minimum Gasteiger partial charge on any atom is -0.481 e. The van der Waals surface area contributed by atoms with Crippen molar-refractivity contribution in [3.8, 4) is 0 Å². The van der Waals surface area contributed by atoms with Crippen LogP contribution in [0, 0.1) is 5.92 Å². The summed E-state index contributed by atoms with van der Waals surface area (Å²) in [7, 11) is 0. The van der Waals surface area contributed by atoms with Crippen LogP contribution in [0.3, 0.4) is 0 Å². The van der Waals surface area contributed by atoms with Gasteiger partial charge >= 0.3 is 5.97 Å². The van der Waals surface area contributed by atoms with Crippen LogP contribution in [0.1, 0.15) is 110 Å². The molecular weight excluding hydrogens is 356 g/mol. The number of aliphatic carboxylic acids is 1. The topological polar surface area (TPSA) is 76.0 Å². The predicted octanol–water partition coefficient (Wildman–Crippen LogP) is 5.68. The minimum atomic E-state index is -0.849. The molecule has 2 N–H and O–H groups in total. The molecule has 1 rings (SSSR count). The molecule has 28 heavy (non-hydrogen) atoms. The molecule has 5 heteroatoms. The van der Waals surface area contributed by atoms with Gasteiger partial charge < -0.3 is 19.7 Å². The molecule has 0 spiro atoms. The molecule has 0 radical (unpaired) electrons. The lowest BCUT2D eigenvalue weighted by Crippen LogP contribution is -2.38. The molecule has 0 aromatic carbocycles. The summed E-state index contributed by atoms with van der Waals surface area (Å²) in [4.78, 5) is 11.6. The van der Waals surface area contributed by atoms with E-state index in [1.807, 2.05) is 6.92 Å². The van der Waals surface area contributed by atoms with Crippen LogP contribution in [0.25, 0.3) is 0 Å². The molecule has 4 atom stereocenters. The van der Waals surface area contributed by atoms with Crippen LogP contribution in [0.2, 0.25) is 0 Å². The lowest BCUT2D eigenvalue weighted by molar-refractivity contribution is -0.207. The summed E-state index contributed by atoms with van der Waals surface area (Å²) in [5.74, 6) is -1.44. The van der Waals surface area contributed by atoms with Crippen LogP contribution in [0.15, 0.2) is 0 Å². The van der Waals surface area contributed by atoms with Gasteiger partial charge in [0.1, 0.15) is 0 Å². The van der Waals surface area contributed by atoms with E-state index in [4.69, 9.17) is 9.47 Å². The van der Waals surface area contributed by atoms with Gasteiger partial charge in [-0.2, -0.15) is 0 Å². The second-order valence-electron chi connectivity index (χ2n) is 8.33. The average molecular weight is 401 g/mol. The highest BCUT2D eigenvalue weighted by Crippen LogP contribution is 2.25. The van der Waals surface area contributed by atoms with Gasteiger partial charge in [-0.1, -0.05) is 71.6 Å². The zero-order valence-electron chi connectivity index (χ0n) is 18.2. The van der Waals surface area contributed by atoms with Crippen molar-refractivity contribution in [3.05, 3.63) is 0 Å². The van der Waals surface area contributed by atoms with E-state index in [9.17, 15) is 15.0 Å². The summed E-state index contributed by atoms with van der Waals surface area (Å²) < 4.78 is 11.6. The van der Waals surface area contributed by atoms with E-state index in [1.54, 1.807) is 0 Å². The highest BCUT2D eigenvalue weighted by atomic mass is 16.7. The Hall–Kier alpha value is -0.650. The Morgan fingerprint density at radius 1 is 1.04 bits per heavy atom.